The average Bonchev–Trinajstić information content (AvgIpc) is 2.75. The number of nitrogens with zero attached hydrogens (tertiary/aromatic N) is 2. The molecule has 7 heteroatoms. The second-order valence-electron chi connectivity index (χ2n) is 7.90. The molecule has 3 rings (SSSR count). The van der Waals surface area contributed by atoms with Gasteiger partial charge in [0.1, 0.15) is 6.54 Å². The lowest BCUT2D eigenvalue weighted by Gasteiger charge is -2.28. The van der Waals surface area contributed by atoms with Gasteiger partial charge in [-0.2, -0.15) is 12.7 Å². The highest BCUT2D eigenvalue weighted by molar-refractivity contribution is 7.90. The minimum Gasteiger partial charge on any atom is -0.348 e. The van der Waals surface area contributed by atoms with Crippen LogP contribution in [0.2, 0.25) is 0 Å². The molecule has 1 aliphatic rings. The summed E-state index contributed by atoms with van der Waals surface area (Å²) in [5.41, 5.74) is 4.31. The van der Waals surface area contributed by atoms with Gasteiger partial charge >= 0.3 is 10.2 Å². The van der Waals surface area contributed by atoms with E-state index in [9.17, 15) is 13.2 Å². The minimum absolute atomic E-state index is 0.149. The van der Waals surface area contributed by atoms with Crippen LogP contribution in [0.4, 0.5) is 5.69 Å². The summed E-state index contributed by atoms with van der Waals surface area (Å²) in [5.74, 6) is -0.325. The third kappa shape index (κ3) is 5.02. The number of anilines is 1. The Kier molecular flexibility index (Phi) is 7.15. The van der Waals surface area contributed by atoms with E-state index in [4.69, 9.17) is 0 Å². The molecule has 6 nitrogen and oxygen atoms in total. The average molecular weight is 430 g/mol. The normalized spacial score (nSPS) is 14.8. The molecule has 1 atom stereocenters. The topological polar surface area (TPSA) is 69.7 Å². The first-order valence-corrected chi connectivity index (χ1v) is 11.9. The first-order chi connectivity index (χ1) is 14.3. The fraction of sp³-hybridized carbons (Fsp3) is 0.435. The van der Waals surface area contributed by atoms with E-state index in [1.807, 2.05) is 13.0 Å². The number of rotatable bonds is 8. The molecule has 0 bridgehead atoms. The van der Waals surface area contributed by atoms with Gasteiger partial charge in [-0.3, -0.25) is 4.79 Å². The van der Waals surface area contributed by atoms with Crippen molar-refractivity contribution in [1.29, 1.82) is 0 Å². The smallest absolute Gasteiger partial charge is 0.304 e. The Bertz CT molecular complexity index is 974. The number of nitrogens with one attached hydrogen (secondary N) is 1. The Balaban J connectivity index is 1.78. The van der Waals surface area contributed by atoms with E-state index in [0.717, 1.165) is 33.4 Å². The van der Waals surface area contributed by atoms with E-state index in [0.29, 0.717) is 5.69 Å². The lowest BCUT2D eigenvalue weighted by atomic mass is 9.89. The van der Waals surface area contributed by atoms with E-state index in [1.54, 1.807) is 24.3 Å². The highest BCUT2D eigenvalue weighted by Crippen LogP contribution is 2.26. The van der Waals surface area contributed by atoms with Crippen LogP contribution in [0.25, 0.3) is 0 Å². The fourth-order valence-electron chi connectivity index (χ4n) is 3.86. The van der Waals surface area contributed by atoms with Crippen LogP contribution < -0.4 is 9.62 Å². The van der Waals surface area contributed by atoms with E-state index in [-0.39, 0.29) is 18.5 Å². The number of hydrogen-bond donors (Lipinski definition) is 1. The number of aryl methyl sites for hydroxylation is 2. The van der Waals surface area contributed by atoms with Crippen LogP contribution in [0.15, 0.2) is 48.5 Å². The van der Waals surface area contributed by atoms with Crippen LogP contribution in [0, 0.1) is 0 Å². The van der Waals surface area contributed by atoms with Crippen molar-refractivity contribution in [3.8, 4) is 0 Å². The van der Waals surface area contributed by atoms with Crippen molar-refractivity contribution in [2.24, 2.45) is 0 Å². The third-order valence-electron chi connectivity index (χ3n) is 5.59. The van der Waals surface area contributed by atoms with Gasteiger partial charge in [0.15, 0.2) is 0 Å². The molecule has 1 amide bonds. The Morgan fingerprint density at radius 2 is 1.70 bits per heavy atom. The first-order valence-electron chi connectivity index (χ1n) is 10.5. The second-order valence-corrected chi connectivity index (χ2v) is 9.96. The summed E-state index contributed by atoms with van der Waals surface area (Å²) in [6.07, 6.45) is 5.36. The van der Waals surface area contributed by atoms with Crippen LogP contribution in [0.1, 0.15) is 48.9 Å². The zero-order valence-corrected chi connectivity index (χ0v) is 18.8. The van der Waals surface area contributed by atoms with Crippen LogP contribution in [0.3, 0.4) is 0 Å². The molecule has 0 heterocycles. The fourth-order valence-corrected chi connectivity index (χ4v) is 4.92. The molecule has 162 valence electrons. The summed E-state index contributed by atoms with van der Waals surface area (Å²) in [6.45, 7) is 1.75. The van der Waals surface area contributed by atoms with Gasteiger partial charge in [-0.15, -0.1) is 0 Å². The molecule has 0 aromatic heterocycles. The maximum Gasteiger partial charge on any atom is 0.304 e. The molecule has 0 aliphatic heterocycles. The van der Waals surface area contributed by atoms with Crippen molar-refractivity contribution in [3.05, 3.63) is 65.2 Å². The number of amides is 1. The largest absolute Gasteiger partial charge is 0.348 e. The molecule has 0 saturated carbocycles. The third-order valence-corrected chi connectivity index (χ3v) is 7.41. The van der Waals surface area contributed by atoms with E-state index >= 15 is 0 Å². The monoisotopic (exact) mass is 429 g/mol. The zero-order valence-electron chi connectivity index (χ0n) is 18.0. The number of para-hydroxylation sites is 1. The van der Waals surface area contributed by atoms with E-state index in [1.165, 1.54) is 38.1 Å². The predicted octanol–water partition coefficient (Wildman–Crippen LogP) is 3.45. The highest BCUT2D eigenvalue weighted by Gasteiger charge is 2.28. The van der Waals surface area contributed by atoms with Gasteiger partial charge in [-0.05, 0) is 60.9 Å². The SMILES string of the molecule is CCC(NC(=O)CN(c1ccccc1)S(=O)(=O)N(C)C)c1ccc2c(c1)CCCC2. The molecule has 1 N–H and O–H groups in total. The van der Waals surface area contributed by atoms with Gasteiger partial charge in [0.05, 0.1) is 11.7 Å². The van der Waals surface area contributed by atoms with Crippen molar-refractivity contribution < 1.29 is 13.2 Å². The molecule has 0 radical (unpaired) electrons. The summed E-state index contributed by atoms with van der Waals surface area (Å²) in [5, 5.41) is 3.04. The molecule has 0 saturated heterocycles. The van der Waals surface area contributed by atoms with Crippen molar-refractivity contribution in [2.75, 3.05) is 24.9 Å². The summed E-state index contributed by atoms with van der Waals surface area (Å²) in [7, 11) is -0.874. The van der Waals surface area contributed by atoms with Crippen LogP contribution in [0.5, 0.6) is 0 Å². The Morgan fingerprint density at radius 1 is 1.03 bits per heavy atom. The molecule has 2 aromatic carbocycles. The number of carbonyl (C=O) groups is 1. The van der Waals surface area contributed by atoms with Crippen LogP contribution in [-0.2, 0) is 27.8 Å². The van der Waals surface area contributed by atoms with Crippen LogP contribution in [-0.4, -0.2) is 39.3 Å². The van der Waals surface area contributed by atoms with Crippen molar-refractivity contribution in [3.63, 3.8) is 0 Å². The van der Waals surface area contributed by atoms with Gasteiger partial charge < -0.3 is 5.32 Å². The zero-order chi connectivity index (χ0) is 21.7. The van der Waals surface area contributed by atoms with Gasteiger partial charge in [-0.25, -0.2) is 4.31 Å². The van der Waals surface area contributed by atoms with Gasteiger partial charge in [0.25, 0.3) is 0 Å². The van der Waals surface area contributed by atoms with Crippen molar-refractivity contribution in [1.82, 2.24) is 9.62 Å². The molecule has 0 spiro atoms. The molecule has 1 unspecified atom stereocenters. The molecule has 30 heavy (non-hydrogen) atoms. The van der Waals surface area contributed by atoms with Gasteiger partial charge in [0, 0.05) is 14.1 Å². The lowest BCUT2D eigenvalue weighted by Crippen LogP contribution is -2.46. The van der Waals surface area contributed by atoms with E-state index < -0.39 is 10.2 Å². The summed E-state index contributed by atoms with van der Waals surface area (Å²) >= 11 is 0. The van der Waals surface area contributed by atoms with Crippen molar-refractivity contribution >= 4 is 21.8 Å². The van der Waals surface area contributed by atoms with Gasteiger partial charge in [-0.1, -0.05) is 43.3 Å². The number of carbonyl (C=O) groups excluding carboxylic acids is 1. The minimum atomic E-state index is -3.80. The second kappa shape index (κ2) is 9.62. The van der Waals surface area contributed by atoms with Gasteiger partial charge in [0.2, 0.25) is 5.91 Å². The number of benzene rings is 2. The van der Waals surface area contributed by atoms with Crippen LogP contribution >= 0.6 is 0 Å². The number of hydrogen-bond acceptors (Lipinski definition) is 3. The maximum atomic E-state index is 12.9. The Hall–Kier alpha value is -2.38. The first kappa shape index (κ1) is 22.3. The Morgan fingerprint density at radius 3 is 2.33 bits per heavy atom. The summed E-state index contributed by atoms with van der Waals surface area (Å²) in [6, 6.07) is 15.0. The predicted molar refractivity (Wildman–Crippen MR) is 121 cm³/mol. The summed E-state index contributed by atoms with van der Waals surface area (Å²) in [4.78, 5) is 12.9. The summed E-state index contributed by atoms with van der Waals surface area (Å²) < 4.78 is 27.9. The molecule has 1 aliphatic carbocycles. The molecule has 0 fully saturated rings. The maximum absolute atomic E-state index is 12.9. The van der Waals surface area contributed by atoms with Crippen molar-refractivity contribution in [2.45, 2.75) is 45.1 Å². The highest BCUT2D eigenvalue weighted by atomic mass is 32.2. The molecular formula is C23H31N3O3S. The standard InChI is InChI=1S/C23H31N3O3S/c1-4-22(20-15-14-18-10-8-9-11-19(18)16-20)24-23(27)17-26(30(28,29)25(2)3)21-12-6-5-7-13-21/h5-7,12-16,22H,4,8-11,17H2,1-3H3,(H,24,27). The molecular weight excluding hydrogens is 398 g/mol. The molecule has 2 aromatic rings. The van der Waals surface area contributed by atoms with E-state index in [2.05, 4.69) is 23.5 Å². The quantitative estimate of drug-likeness (QED) is 0.699. The number of fused-ring (bicyclic) bond motifs is 1. The lowest BCUT2D eigenvalue weighted by molar-refractivity contribution is -0.120. The Labute approximate surface area is 180 Å².